The average molecular weight is 269 g/mol. The van der Waals surface area contributed by atoms with Crippen LogP contribution >= 0.6 is 11.3 Å². The third-order valence-corrected chi connectivity index (χ3v) is 3.95. The largest absolute Gasteiger partial charge is 0.376 e. The van der Waals surface area contributed by atoms with Gasteiger partial charge in [-0.25, -0.2) is 4.98 Å². The van der Waals surface area contributed by atoms with Crippen LogP contribution in [0.25, 0.3) is 0 Å². The maximum atomic E-state index is 11.7. The number of carbonyl (C=O) groups is 1. The number of hydrogen-bond acceptors (Lipinski definition) is 5. The minimum absolute atomic E-state index is 0.00738. The summed E-state index contributed by atoms with van der Waals surface area (Å²) in [6.45, 7) is 3.30. The lowest BCUT2D eigenvalue weighted by Gasteiger charge is -2.10. The number of rotatable bonds is 5. The van der Waals surface area contributed by atoms with Gasteiger partial charge >= 0.3 is 0 Å². The number of aromatic nitrogens is 1. The Balaban J connectivity index is 1.75. The monoisotopic (exact) mass is 269 g/mol. The molecule has 0 spiro atoms. The Morgan fingerprint density at radius 3 is 3.22 bits per heavy atom. The maximum absolute atomic E-state index is 11.7. The Kier molecular flexibility index (Phi) is 4.68. The van der Waals surface area contributed by atoms with Gasteiger partial charge in [-0.05, 0) is 19.8 Å². The van der Waals surface area contributed by atoms with E-state index in [2.05, 4.69) is 10.3 Å². The number of nitrogens with one attached hydrogen (secondary N) is 1. The summed E-state index contributed by atoms with van der Waals surface area (Å²) in [6, 6.07) is -0.0706. The number of thiazole rings is 1. The van der Waals surface area contributed by atoms with Crippen molar-refractivity contribution >= 4 is 17.2 Å². The number of nitrogens with zero attached hydrogens (tertiary/aromatic N) is 1. The molecule has 5 nitrogen and oxygen atoms in total. The predicted octanol–water partition coefficient (Wildman–Crippen LogP) is 1.00. The first-order chi connectivity index (χ1) is 8.65. The van der Waals surface area contributed by atoms with Crippen LogP contribution in [0.4, 0.5) is 0 Å². The average Bonchev–Trinajstić information content (AvgIpc) is 2.96. The van der Waals surface area contributed by atoms with E-state index in [1.165, 1.54) is 11.3 Å². The predicted molar refractivity (Wildman–Crippen MR) is 70.4 cm³/mol. The Hall–Kier alpha value is -0.980. The molecule has 0 bridgehead atoms. The van der Waals surface area contributed by atoms with Crippen molar-refractivity contribution in [3.05, 3.63) is 16.1 Å². The van der Waals surface area contributed by atoms with E-state index in [0.29, 0.717) is 13.0 Å². The van der Waals surface area contributed by atoms with E-state index in [-0.39, 0.29) is 18.1 Å². The molecule has 0 radical (unpaired) electrons. The molecule has 1 fully saturated rings. The molecule has 1 saturated heterocycles. The van der Waals surface area contributed by atoms with Gasteiger partial charge in [-0.2, -0.15) is 0 Å². The van der Waals surface area contributed by atoms with Gasteiger partial charge in [-0.15, -0.1) is 11.3 Å². The SMILES string of the molecule is CC(N)c1nc(CC(=O)NCC2CCCO2)cs1. The van der Waals surface area contributed by atoms with Gasteiger partial charge < -0.3 is 15.8 Å². The van der Waals surface area contributed by atoms with Crippen LogP contribution in [0.1, 0.15) is 36.5 Å². The Labute approximate surface area is 111 Å². The van der Waals surface area contributed by atoms with E-state index < -0.39 is 0 Å². The maximum Gasteiger partial charge on any atom is 0.226 e. The molecule has 0 saturated carbocycles. The minimum Gasteiger partial charge on any atom is -0.376 e. The molecule has 1 aliphatic rings. The van der Waals surface area contributed by atoms with E-state index in [0.717, 1.165) is 30.2 Å². The van der Waals surface area contributed by atoms with Crippen molar-refractivity contribution in [1.29, 1.82) is 0 Å². The summed E-state index contributed by atoms with van der Waals surface area (Å²) in [6.07, 6.45) is 2.62. The lowest BCUT2D eigenvalue weighted by atomic mass is 10.2. The molecule has 0 aromatic carbocycles. The first-order valence-corrected chi connectivity index (χ1v) is 7.11. The van der Waals surface area contributed by atoms with Gasteiger partial charge in [0.25, 0.3) is 0 Å². The van der Waals surface area contributed by atoms with Crippen LogP contribution in [0, 0.1) is 0 Å². The number of amides is 1. The molecule has 2 unspecified atom stereocenters. The van der Waals surface area contributed by atoms with Crippen molar-refractivity contribution in [3.8, 4) is 0 Å². The highest BCUT2D eigenvalue weighted by Gasteiger charge is 2.16. The van der Waals surface area contributed by atoms with Crippen LogP contribution in [-0.2, 0) is 16.0 Å². The molecule has 6 heteroatoms. The van der Waals surface area contributed by atoms with Gasteiger partial charge in [0.1, 0.15) is 5.01 Å². The van der Waals surface area contributed by atoms with Gasteiger partial charge in [0.05, 0.1) is 24.3 Å². The zero-order chi connectivity index (χ0) is 13.0. The summed E-state index contributed by atoms with van der Waals surface area (Å²) in [5.41, 5.74) is 6.52. The number of ether oxygens (including phenoxy) is 1. The Morgan fingerprint density at radius 1 is 1.78 bits per heavy atom. The normalized spacial score (nSPS) is 20.9. The van der Waals surface area contributed by atoms with E-state index in [4.69, 9.17) is 10.5 Å². The van der Waals surface area contributed by atoms with Crippen LogP contribution in [0.15, 0.2) is 5.38 Å². The zero-order valence-corrected chi connectivity index (χ0v) is 11.3. The second kappa shape index (κ2) is 6.26. The number of hydrogen-bond donors (Lipinski definition) is 2. The molecule has 1 aromatic rings. The Bertz CT molecular complexity index is 400. The van der Waals surface area contributed by atoms with Crippen LogP contribution < -0.4 is 11.1 Å². The van der Waals surface area contributed by atoms with Gasteiger partial charge in [0.15, 0.2) is 0 Å². The molecule has 3 N–H and O–H groups in total. The van der Waals surface area contributed by atoms with Crippen molar-refractivity contribution in [1.82, 2.24) is 10.3 Å². The van der Waals surface area contributed by atoms with Crippen molar-refractivity contribution in [3.63, 3.8) is 0 Å². The second-order valence-corrected chi connectivity index (χ2v) is 5.47. The van der Waals surface area contributed by atoms with Crippen LogP contribution in [0.5, 0.6) is 0 Å². The van der Waals surface area contributed by atoms with E-state index in [1.54, 1.807) is 0 Å². The van der Waals surface area contributed by atoms with E-state index >= 15 is 0 Å². The molecule has 100 valence electrons. The molecule has 1 aliphatic heterocycles. The topological polar surface area (TPSA) is 77.2 Å². The highest BCUT2D eigenvalue weighted by atomic mass is 32.1. The highest BCUT2D eigenvalue weighted by molar-refractivity contribution is 7.09. The Morgan fingerprint density at radius 2 is 2.61 bits per heavy atom. The summed E-state index contributed by atoms with van der Waals surface area (Å²) >= 11 is 1.50. The van der Waals surface area contributed by atoms with Gasteiger partial charge in [-0.3, -0.25) is 4.79 Å². The smallest absolute Gasteiger partial charge is 0.226 e. The first-order valence-electron chi connectivity index (χ1n) is 6.23. The number of nitrogens with two attached hydrogens (primary N) is 1. The van der Waals surface area contributed by atoms with E-state index in [9.17, 15) is 4.79 Å². The van der Waals surface area contributed by atoms with Gasteiger partial charge in [0.2, 0.25) is 5.91 Å². The lowest BCUT2D eigenvalue weighted by molar-refractivity contribution is -0.121. The molecule has 18 heavy (non-hydrogen) atoms. The van der Waals surface area contributed by atoms with Gasteiger partial charge in [0, 0.05) is 18.5 Å². The summed E-state index contributed by atoms with van der Waals surface area (Å²) in [5.74, 6) is -0.00738. The highest BCUT2D eigenvalue weighted by Crippen LogP contribution is 2.16. The van der Waals surface area contributed by atoms with Crippen LogP contribution in [-0.4, -0.2) is 30.1 Å². The second-order valence-electron chi connectivity index (χ2n) is 4.58. The fourth-order valence-corrected chi connectivity index (χ4v) is 2.65. The number of carbonyl (C=O) groups excluding carboxylic acids is 1. The molecule has 2 rings (SSSR count). The van der Waals surface area contributed by atoms with Crippen LogP contribution in [0.2, 0.25) is 0 Å². The fraction of sp³-hybridized carbons (Fsp3) is 0.667. The zero-order valence-electron chi connectivity index (χ0n) is 10.5. The van der Waals surface area contributed by atoms with Gasteiger partial charge in [-0.1, -0.05) is 0 Å². The summed E-state index contributed by atoms with van der Waals surface area (Å²) in [4.78, 5) is 16.0. The summed E-state index contributed by atoms with van der Waals surface area (Å²) in [7, 11) is 0. The summed E-state index contributed by atoms with van der Waals surface area (Å²) < 4.78 is 5.44. The molecular formula is C12H19N3O2S. The quantitative estimate of drug-likeness (QED) is 0.836. The van der Waals surface area contributed by atoms with Crippen LogP contribution in [0.3, 0.4) is 0 Å². The third kappa shape index (κ3) is 3.76. The summed E-state index contributed by atoms with van der Waals surface area (Å²) in [5, 5.41) is 5.65. The molecular weight excluding hydrogens is 250 g/mol. The lowest BCUT2D eigenvalue weighted by Crippen LogP contribution is -2.32. The molecule has 1 amide bonds. The fourth-order valence-electron chi connectivity index (χ4n) is 1.87. The third-order valence-electron chi connectivity index (χ3n) is 2.85. The standard InChI is InChI=1S/C12H19N3O2S/c1-8(13)12-15-9(7-18-12)5-11(16)14-6-10-3-2-4-17-10/h7-8,10H,2-6,13H2,1H3,(H,14,16). The molecule has 2 atom stereocenters. The minimum atomic E-state index is -0.0706. The molecule has 2 heterocycles. The van der Waals surface area contributed by atoms with Crippen molar-refractivity contribution < 1.29 is 9.53 Å². The van der Waals surface area contributed by atoms with Crippen molar-refractivity contribution in [2.75, 3.05) is 13.2 Å². The molecule has 0 aliphatic carbocycles. The van der Waals surface area contributed by atoms with E-state index in [1.807, 2.05) is 12.3 Å². The first kappa shape index (κ1) is 13.5. The van der Waals surface area contributed by atoms with Crippen molar-refractivity contribution in [2.45, 2.75) is 38.3 Å². The van der Waals surface area contributed by atoms with Crippen molar-refractivity contribution in [2.24, 2.45) is 5.73 Å². The molecule has 1 aromatic heterocycles.